The van der Waals surface area contributed by atoms with Crippen molar-refractivity contribution in [2.75, 3.05) is 6.61 Å². The van der Waals surface area contributed by atoms with Crippen LogP contribution in [0.25, 0.3) is 6.08 Å². The number of hydrogen-bond acceptors (Lipinski definition) is 4. The van der Waals surface area contributed by atoms with E-state index in [1.807, 2.05) is 36.4 Å². The van der Waals surface area contributed by atoms with Crippen LogP contribution < -0.4 is 0 Å². The van der Waals surface area contributed by atoms with Crippen molar-refractivity contribution in [2.24, 2.45) is 0 Å². The smallest absolute Gasteiger partial charge is 0.338 e. The summed E-state index contributed by atoms with van der Waals surface area (Å²) < 4.78 is 5.05. The van der Waals surface area contributed by atoms with Gasteiger partial charge in [0.05, 0.1) is 10.5 Å². The Hall–Kier alpha value is -2.95. The predicted octanol–water partition coefficient (Wildman–Crippen LogP) is 3.47. The van der Waals surface area contributed by atoms with E-state index < -0.39 is 10.9 Å². The van der Waals surface area contributed by atoms with Gasteiger partial charge in [0, 0.05) is 12.1 Å². The molecule has 0 saturated heterocycles. The Morgan fingerprint density at radius 2 is 1.76 bits per heavy atom. The van der Waals surface area contributed by atoms with Gasteiger partial charge in [0.2, 0.25) is 0 Å². The number of nitro groups is 1. The van der Waals surface area contributed by atoms with Crippen LogP contribution in [0.3, 0.4) is 0 Å². The summed E-state index contributed by atoms with van der Waals surface area (Å²) in [6.45, 7) is 0.144. The summed E-state index contributed by atoms with van der Waals surface area (Å²) in [7, 11) is 0. The van der Waals surface area contributed by atoms with Crippen LogP contribution in [0, 0.1) is 10.1 Å². The van der Waals surface area contributed by atoms with Crippen molar-refractivity contribution in [3.05, 3.63) is 81.9 Å². The largest absolute Gasteiger partial charge is 0.458 e. The zero-order valence-corrected chi connectivity index (χ0v) is 11.1. The molecule has 2 rings (SSSR count). The molecule has 0 aliphatic rings. The topological polar surface area (TPSA) is 69.4 Å². The molecule has 2 aromatic carbocycles. The van der Waals surface area contributed by atoms with E-state index in [0.29, 0.717) is 0 Å². The lowest BCUT2D eigenvalue weighted by Gasteiger charge is -2.01. The third kappa shape index (κ3) is 4.28. The molecule has 5 nitrogen and oxygen atoms in total. The van der Waals surface area contributed by atoms with Crippen molar-refractivity contribution >= 4 is 17.7 Å². The van der Waals surface area contributed by atoms with Crippen LogP contribution in [-0.2, 0) is 4.74 Å². The highest BCUT2D eigenvalue weighted by molar-refractivity contribution is 5.89. The minimum atomic E-state index is -0.516. The Bertz CT molecular complexity index is 648. The van der Waals surface area contributed by atoms with Gasteiger partial charge >= 0.3 is 5.97 Å². The summed E-state index contributed by atoms with van der Waals surface area (Å²) in [5.41, 5.74) is 1.24. The second-order valence-corrected chi connectivity index (χ2v) is 4.22. The number of carbonyl (C=O) groups excluding carboxylic acids is 1. The first kappa shape index (κ1) is 14.5. The lowest BCUT2D eigenvalue weighted by molar-refractivity contribution is -0.384. The fraction of sp³-hybridized carbons (Fsp3) is 0.0625. The molecule has 5 heteroatoms. The average Bonchev–Trinajstić information content (AvgIpc) is 2.52. The van der Waals surface area contributed by atoms with Gasteiger partial charge in [-0.3, -0.25) is 10.1 Å². The molecule has 21 heavy (non-hydrogen) atoms. The van der Waals surface area contributed by atoms with Gasteiger partial charge in [0.15, 0.2) is 0 Å². The van der Waals surface area contributed by atoms with E-state index in [0.717, 1.165) is 5.56 Å². The molecule has 0 atom stereocenters. The Labute approximate surface area is 121 Å². The van der Waals surface area contributed by atoms with Crippen molar-refractivity contribution in [1.82, 2.24) is 0 Å². The molecule has 0 spiro atoms. The number of esters is 1. The minimum absolute atomic E-state index is 0.0597. The zero-order chi connectivity index (χ0) is 15.1. The number of hydrogen-bond donors (Lipinski definition) is 0. The van der Waals surface area contributed by atoms with E-state index in [4.69, 9.17) is 4.74 Å². The van der Waals surface area contributed by atoms with Crippen molar-refractivity contribution in [1.29, 1.82) is 0 Å². The Morgan fingerprint density at radius 1 is 1.10 bits per heavy atom. The van der Waals surface area contributed by atoms with Gasteiger partial charge < -0.3 is 4.74 Å². The number of carbonyl (C=O) groups is 1. The quantitative estimate of drug-likeness (QED) is 0.478. The molecule has 0 radical (unpaired) electrons. The first-order chi connectivity index (χ1) is 10.2. The van der Waals surface area contributed by atoms with Gasteiger partial charge in [0.25, 0.3) is 5.69 Å². The molecule has 0 unspecified atom stereocenters. The van der Waals surface area contributed by atoms with Gasteiger partial charge in [-0.05, 0) is 23.8 Å². The first-order valence-corrected chi connectivity index (χ1v) is 6.30. The third-order valence-corrected chi connectivity index (χ3v) is 2.73. The second-order valence-electron chi connectivity index (χ2n) is 4.22. The van der Waals surface area contributed by atoms with E-state index in [-0.39, 0.29) is 17.9 Å². The van der Waals surface area contributed by atoms with Crippen molar-refractivity contribution in [2.45, 2.75) is 0 Å². The fourth-order valence-corrected chi connectivity index (χ4v) is 1.67. The number of nitrogens with zero attached hydrogens (tertiary/aromatic N) is 1. The molecule has 0 aliphatic carbocycles. The lowest BCUT2D eigenvalue weighted by Crippen LogP contribution is -2.05. The van der Waals surface area contributed by atoms with Crippen LogP contribution in [0.15, 0.2) is 60.7 Å². The molecular weight excluding hydrogens is 270 g/mol. The molecule has 0 aromatic heterocycles. The standard InChI is InChI=1S/C16H13NO4/c18-16(14-8-10-15(11-9-14)17(19)20)21-12-4-7-13-5-2-1-3-6-13/h1-11H,12H2/b7-4-. The summed E-state index contributed by atoms with van der Waals surface area (Å²) in [5.74, 6) is -0.511. The maximum atomic E-state index is 11.7. The predicted molar refractivity (Wildman–Crippen MR) is 78.9 cm³/mol. The van der Waals surface area contributed by atoms with Gasteiger partial charge in [0.1, 0.15) is 6.61 Å². The second kappa shape index (κ2) is 7.00. The van der Waals surface area contributed by atoms with Gasteiger partial charge in [-0.25, -0.2) is 4.79 Å². The van der Waals surface area contributed by atoms with E-state index >= 15 is 0 Å². The molecule has 0 saturated carbocycles. The van der Waals surface area contributed by atoms with Crippen LogP contribution in [0.1, 0.15) is 15.9 Å². The third-order valence-electron chi connectivity index (χ3n) is 2.73. The number of rotatable bonds is 5. The Balaban J connectivity index is 1.87. The van der Waals surface area contributed by atoms with Crippen molar-refractivity contribution in [3.63, 3.8) is 0 Å². The summed E-state index contributed by atoms with van der Waals surface area (Å²) in [5, 5.41) is 10.5. The number of ether oxygens (including phenoxy) is 1. The molecule has 0 N–H and O–H groups in total. The van der Waals surface area contributed by atoms with Crippen LogP contribution in [0.2, 0.25) is 0 Å². The Kier molecular flexibility index (Phi) is 4.82. The summed E-state index contributed by atoms with van der Waals surface area (Å²) in [6, 6.07) is 14.9. The van der Waals surface area contributed by atoms with E-state index in [1.54, 1.807) is 6.08 Å². The summed E-state index contributed by atoms with van der Waals surface area (Å²) >= 11 is 0. The molecule has 0 fully saturated rings. The minimum Gasteiger partial charge on any atom is -0.458 e. The van der Waals surface area contributed by atoms with Gasteiger partial charge in [-0.1, -0.05) is 36.4 Å². The molecule has 0 amide bonds. The van der Waals surface area contributed by atoms with Crippen LogP contribution in [0.5, 0.6) is 0 Å². The molecule has 2 aromatic rings. The Morgan fingerprint density at radius 3 is 2.38 bits per heavy atom. The van der Waals surface area contributed by atoms with Gasteiger partial charge in [-0.15, -0.1) is 0 Å². The van der Waals surface area contributed by atoms with Crippen LogP contribution in [-0.4, -0.2) is 17.5 Å². The number of non-ortho nitro benzene ring substituents is 1. The fourth-order valence-electron chi connectivity index (χ4n) is 1.67. The SMILES string of the molecule is O=C(OC/C=C\c1ccccc1)c1ccc([N+](=O)[O-])cc1. The molecular formula is C16H13NO4. The lowest BCUT2D eigenvalue weighted by atomic mass is 10.2. The summed E-state index contributed by atoms with van der Waals surface area (Å²) in [4.78, 5) is 21.7. The maximum absolute atomic E-state index is 11.7. The average molecular weight is 283 g/mol. The van der Waals surface area contributed by atoms with Crippen LogP contribution in [0.4, 0.5) is 5.69 Å². The van der Waals surface area contributed by atoms with Gasteiger partial charge in [-0.2, -0.15) is 0 Å². The zero-order valence-electron chi connectivity index (χ0n) is 11.1. The van der Waals surface area contributed by atoms with E-state index in [1.165, 1.54) is 24.3 Å². The highest BCUT2D eigenvalue weighted by Gasteiger charge is 2.09. The maximum Gasteiger partial charge on any atom is 0.338 e. The molecule has 0 bridgehead atoms. The number of benzene rings is 2. The normalized spacial score (nSPS) is 10.5. The highest BCUT2D eigenvalue weighted by atomic mass is 16.6. The van der Waals surface area contributed by atoms with E-state index in [2.05, 4.69) is 0 Å². The monoisotopic (exact) mass is 283 g/mol. The van der Waals surface area contributed by atoms with Crippen LogP contribution >= 0.6 is 0 Å². The number of nitro benzene ring substituents is 1. The van der Waals surface area contributed by atoms with Crippen molar-refractivity contribution < 1.29 is 14.5 Å². The first-order valence-electron chi connectivity index (χ1n) is 6.30. The molecule has 0 heterocycles. The highest BCUT2D eigenvalue weighted by Crippen LogP contribution is 2.12. The molecule has 0 aliphatic heterocycles. The van der Waals surface area contributed by atoms with Crippen molar-refractivity contribution in [3.8, 4) is 0 Å². The molecule has 106 valence electrons. The van der Waals surface area contributed by atoms with E-state index in [9.17, 15) is 14.9 Å². The summed E-state index contributed by atoms with van der Waals surface area (Å²) in [6.07, 6.45) is 3.59.